The summed E-state index contributed by atoms with van der Waals surface area (Å²) >= 11 is 0. The van der Waals surface area contributed by atoms with Crippen LogP contribution in [0.3, 0.4) is 0 Å². The Morgan fingerprint density at radius 3 is 2.56 bits per heavy atom. The monoisotopic (exact) mass is 425 g/mol. The summed E-state index contributed by atoms with van der Waals surface area (Å²) in [6.07, 6.45) is 3.02. The maximum absolute atomic E-state index is 12.8. The van der Waals surface area contributed by atoms with Gasteiger partial charge in [0.15, 0.2) is 5.82 Å². The summed E-state index contributed by atoms with van der Waals surface area (Å²) in [6, 6.07) is 18.7. The number of aromatic nitrogens is 4. The van der Waals surface area contributed by atoms with Crippen LogP contribution in [0.25, 0.3) is 11.4 Å². The number of carbonyl (C=O) groups excluding carboxylic acids is 1. The van der Waals surface area contributed by atoms with Gasteiger partial charge in [-0.25, -0.2) is 15.0 Å². The lowest BCUT2D eigenvalue weighted by atomic mass is 10.0. The molecule has 4 rings (SSSR count). The van der Waals surface area contributed by atoms with E-state index in [4.69, 9.17) is 5.73 Å². The molecule has 0 aliphatic rings. The van der Waals surface area contributed by atoms with Crippen LogP contribution in [0.2, 0.25) is 0 Å². The minimum atomic E-state index is -0.193. The van der Waals surface area contributed by atoms with Crippen molar-refractivity contribution in [3.8, 4) is 11.4 Å². The molecule has 0 unspecified atom stereocenters. The molecule has 2 heterocycles. The minimum Gasteiger partial charge on any atom is -0.368 e. The molecule has 160 valence electrons. The summed E-state index contributed by atoms with van der Waals surface area (Å²) in [5.74, 6) is 1.27. The van der Waals surface area contributed by atoms with E-state index in [0.29, 0.717) is 34.4 Å². The van der Waals surface area contributed by atoms with Gasteiger partial charge in [-0.15, -0.1) is 0 Å². The number of rotatable bonds is 6. The third-order valence-electron chi connectivity index (χ3n) is 4.84. The first kappa shape index (κ1) is 20.9. The van der Waals surface area contributed by atoms with Crippen molar-refractivity contribution in [1.82, 2.24) is 19.9 Å². The Bertz CT molecular complexity index is 1260. The highest BCUT2D eigenvalue weighted by Gasteiger charge is 2.12. The fraction of sp³-hybridized carbons (Fsp3) is 0.125. The Balaban J connectivity index is 1.56. The molecule has 2 aromatic carbocycles. The van der Waals surface area contributed by atoms with Gasteiger partial charge in [0.2, 0.25) is 5.95 Å². The van der Waals surface area contributed by atoms with Gasteiger partial charge in [0.05, 0.1) is 5.56 Å². The molecule has 0 fully saturated rings. The van der Waals surface area contributed by atoms with E-state index in [1.54, 1.807) is 24.4 Å². The molecule has 0 aliphatic carbocycles. The first-order valence-corrected chi connectivity index (χ1v) is 10.2. The fourth-order valence-corrected chi connectivity index (χ4v) is 3.18. The molecular weight excluding hydrogens is 402 g/mol. The number of nitrogens with two attached hydrogens (primary N) is 1. The van der Waals surface area contributed by atoms with Gasteiger partial charge >= 0.3 is 0 Å². The molecule has 0 bridgehead atoms. The van der Waals surface area contributed by atoms with Gasteiger partial charge in [-0.05, 0) is 53.9 Å². The zero-order valence-corrected chi connectivity index (χ0v) is 17.8. The molecule has 0 saturated carbocycles. The lowest BCUT2D eigenvalue weighted by molar-refractivity contribution is 0.102. The first-order chi connectivity index (χ1) is 15.5. The summed E-state index contributed by atoms with van der Waals surface area (Å²) in [4.78, 5) is 29.4. The van der Waals surface area contributed by atoms with E-state index in [-0.39, 0.29) is 11.9 Å². The SMILES string of the molecule is CC(C)c1cccc(NC(=O)c2cccc(Nc3ncccc3-c3ncnc(N)n3)c2)c1. The summed E-state index contributed by atoms with van der Waals surface area (Å²) in [6.45, 7) is 4.24. The van der Waals surface area contributed by atoms with Crippen LogP contribution in [0.5, 0.6) is 0 Å². The van der Waals surface area contributed by atoms with Gasteiger partial charge in [0.25, 0.3) is 5.91 Å². The maximum Gasteiger partial charge on any atom is 0.255 e. The Labute approximate surface area is 186 Å². The third-order valence-corrected chi connectivity index (χ3v) is 4.84. The van der Waals surface area contributed by atoms with Crippen LogP contribution in [-0.2, 0) is 0 Å². The van der Waals surface area contributed by atoms with Crippen molar-refractivity contribution in [3.63, 3.8) is 0 Å². The van der Waals surface area contributed by atoms with Crippen LogP contribution < -0.4 is 16.4 Å². The van der Waals surface area contributed by atoms with E-state index in [9.17, 15) is 4.79 Å². The van der Waals surface area contributed by atoms with Gasteiger partial charge in [-0.1, -0.05) is 32.0 Å². The number of carbonyl (C=O) groups is 1. The number of amides is 1. The largest absolute Gasteiger partial charge is 0.368 e. The number of benzene rings is 2. The number of hydrogen-bond acceptors (Lipinski definition) is 7. The molecule has 1 amide bonds. The number of nitrogen functional groups attached to an aromatic ring is 1. The summed E-state index contributed by atoms with van der Waals surface area (Å²) in [5.41, 5.74) is 9.52. The molecule has 8 nitrogen and oxygen atoms in total. The lowest BCUT2D eigenvalue weighted by Gasteiger charge is -2.12. The molecule has 8 heteroatoms. The molecule has 0 atom stereocenters. The van der Waals surface area contributed by atoms with Crippen LogP contribution in [0.1, 0.15) is 35.7 Å². The second kappa shape index (κ2) is 9.22. The Morgan fingerprint density at radius 1 is 0.938 bits per heavy atom. The van der Waals surface area contributed by atoms with Crippen molar-refractivity contribution in [3.05, 3.63) is 84.3 Å². The second-order valence-corrected chi connectivity index (χ2v) is 7.51. The highest BCUT2D eigenvalue weighted by atomic mass is 16.1. The summed E-state index contributed by atoms with van der Waals surface area (Å²) < 4.78 is 0. The number of anilines is 4. The van der Waals surface area contributed by atoms with Crippen molar-refractivity contribution < 1.29 is 4.79 Å². The topological polar surface area (TPSA) is 119 Å². The standard InChI is InChI=1S/C24H23N7O/c1-15(2)16-6-3-9-19(12-16)30-23(32)17-7-4-8-18(13-17)29-21-20(10-5-11-26-21)22-27-14-28-24(25)31-22/h3-15H,1-2H3,(H,26,29)(H,30,32)(H2,25,27,28,31). The van der Waals surface area contributed by atoms with E-state index >= 15 is 0 Å². The van der Waals surface area contributed by atoms with E-state index in [0.717, 1.165) is 5.69 Å². The van der Waals surface area contributed by atoms with Crippen LogP contribution >= 0.6 is 0 Å². The zero-order valence-electron chi connectivity index (χ0n) is 17.8. The second-order valence-electron chi connectivity index (χ2n) is 7.51. The van der Waals surface area contributed by atoms with E-state index in [2.05, 4.69) is 50.5 Å². The predicted octanol–water partition coefficient (Wildman–Crippen LogP) is 4.64. The van der Waals surface area contributed by atoms with Crippen LogP contribution in [0.15, 0.2) is 73.2 Å². The average Bonchev–Trinajstić information content (AvgIpc) is 2.80. The highest BCUT2D eigenvalue weighted by Crippen LogP contribution is 2.26. The Kier molecular flexibility index (Phi) is 6.03. The van der Waals surface area contributed by atoms with Crippen LogP contribution in [0.4, 0.5) is 23.1 Å². The fourth-order valence-electron chi connectivity index (χ4n) is 3.18. The molecule has 2 aromatic heterocycles. The maximum atomic E-state index is 12.8. The lowest BCUT2D eigenvalue weighted by Crippen LogP contribution is -2.12. The molecular formula is C24H23N7O. The molecule has 4 N–H and O–H groups in total. The van der Waals surface area contributed by atoms with Crippen molar-refractivity contribution in [1.29, 1.82) is 0 Å². The first-order valence-electron chi connectivity index (χ1n) is 10.2. The number of nitrogens with one attached hydrogen (secondary N) is 2. The van der Waals surface area contributed by atoms with Gasteiger partial charge in [-0.3, -0.25) is 4.79 Å². The third kappa shape index (κ3) is 4.86. The van der Waals surface area contributed by atoms with Crippen molar-refractivity contribution in [2.75, 3.05) is 16.4 Å². The normalized spacial score (nSPS) is 10.7. The van der Waals surface area contributed by atoms with Gasteiger partial charge in [0.1, 0.15) is 12.1 Å². The summed E-state index contributed by atoms with van der Waals surface area (Å²) in [7, 11) is 0. The Hall–Kier alpha value is -4.33. The zero-order chi connectivity index (χ0) is 22.5. The van der Waals surface area contributed by atoms with Crippen LogP contribution in [-0.4, -0.2) is 25.8 Å². The predicted molar refractivity (Wildman–Crippen MR) is 126 cm³/mol. The molecule has 4 aromatic rings. The molecule has 0 spiro atoms. The number of nitrogens with zero attached hydrogens (tertiary/aromatic N) is 4. The quantitative estimate of drug-likeness (QED) is 0.412. The molecule has 32 heavy (non-hydrogen) atoms. The van der Waals surface area contributed by atoms with Gasteiger partial charge in [-0.2, -0.15) is 4.98 Å². The average molecular weight is 425 g/mol. The molecule has 0 aliphatic heterocycles. The van der Waals surface area contributed by atoms with E-state index in [1.165, 1.54) is 11.9 Å². The summed E-state index contributed by atoms with van der Waals surface area (Å²) in [5, 5.41) is 6.21. The highest BCUT2D eigenvalue weighted by molar-refractivity contribution is 6.05. The van der Waals surface area contributed by atoms with Gasteiger partial charge in [0, 0.05) is 23.1 Å². The van der Waals surface area contributed by atoms with Crippen molar-refractivity contribution in [2.24, 2.45) is 0 Å². The smallest absolute Gasteiger partial charge is 0.255 e. The molecule has 0 saturated heterocycles. The van der Waals surface area contributed by atoms with Crippen LogP contribution in [0, 0.1) is 0 Å². The number of hydrogen-bond donors (Lipinski definition) is 3. The van der Waals surface area contributed by atoms with E-state index in [1.807, 2.05) is 36.4 Å². The Morgan fingerprint density at radius 2 is 1.75 bits per heavy atom. The van der Waals surface area contributed by atoms with Crippen molar-refractivity contribution in [2.45, 2.75) is 19.8 Å². The van der Waals surface area contributed by atoms with Gasteiger partial charge < -0.3 is 16.4 Å². The van der Waals surface area contributed by atoms with Crippen molar-refractivity contribution >= 4 is 29.0 Å². The minimum absolute atomic E-state index is 0.130. The number of pyridine rings is 1. The molecule has 0 radical (unpaired) electrons. The van der Waals surface area contributed by atoms with E-state index < -0.39 is 0 Å².